The Kier molecular flexibility index (Phi) is 3.36. The van der Waals surface area contributed by atoms with Crippen molar-refractivity contribution in [3.8, 4) is 0 Å². The lowest BCUT2D eigenvalue weighted by molar-refractivity contribution is 0.0944. The standard InChI is InChI=1S/C10H16N4O/c1-7-8(4-12-6-14-7)9(15)13-5-10(2,3)11/h4,6H,5,11H2,1-3H3,(H,13,15). The molecule has 1 rings (SSSR count). The minimum atomic E-state index is -0.417. The van der Waals surface area contributed by atoms with Gasteiger partial charge in [-0.25, -0.2) is 9.97 Å². The van der Waals surface area contributed by atoms with Crippen LogP contribution in [0.2, 0.25) is 0 Å². The number of nitrogens with one attached hydrogen (secondary N) is 1. The Balaban J connectivity index is 2.66. The number of nitrogens with zero attached hydrogens (tertiary/aromatic N) is 2. The molecule has 5 heteroatoms. The summed E-state index contributed by atoms with van der Waals surface area (Å²) in [5, 5.41) is 2.74. The molecule has 3 N–H and O–H groups in total. The fourth-order valence-corrected chi connectivity index (χ4v) is 1.02. The summed E-state index contributed by atoms with van der Waals surface area (Å²) in [5.74, 6) is -0.188. The van der Waals surface area contributed by atoms with Crippen LogP contribution in [0.3, 0.4) is 0 Å². The van der Waals surface area contributed by atoms with Crippen molar-refractivity contribution in [1.82, 2.24) is 15.3 Å². The highest BCUT2D eigenvalue weighted by atomic mass is 16.1. The van der Waals surface area contributed by atoms with E-state index in [-0.39, 0.29) is 5.91 Å². The van der Waals surface area contributed by atoms with Crippen molar-refractivity contribution < 1.29 is 4.79 Å². The number of hydrogen-bond donors (Lipinski definition) is 2. The minimum Gasteiger partial charge on any atom is -0.350 e. The van der Waals surface area contributed by atoms with E-state index < -0.39 is 5.54 Å². The molecule has 5 nitrogen and oxygen atoms in total. The molecule has 15 heavy (non-hydrogen) atoms. The van der Waals surface area contributed by atoms with Gasteiger partial charge in [0.15, 0.2) is 0 Å². The largest absolute Gasteiger partial charge is 0.350 e. The summed E-state index contributed by atoms with van der Waals surface area (Å²) in [5.41, 5.74) is 6.49. The monoisotopic (exact) mass is 208 g/mol. The van der Waals surface area contributed by atoms with Crippen LogP contribution >= 0.6 is 0 Å². The lowest BCUT2D eigenvalue weighted by Crippen LogP contribution is -2.45. The first kappa shape index (κ1) is 11.6. The summed E-state index contributed by atoms with van der Waals surface area (Å²) >= 11 is 0. The molecule has 1 aromatic heterocycles. The van der Waals surface area contributed by atoms with Crippen LogP contribution in [-0.2, 0) is 0 Å². The predicted octanol–water partition coefficient (Wildman–Crippen LogP) is 0.252. The SMILES string of the molecule is Cc1ncncc1C(=O)NCC(C)(C)N. The molecule has 0 aromatic carbocycles. The van der Waals surface area contributed by atoms with Crippen LogP contribution in [0.15, 0.2) is 12.5 Å². The van der Waals surface area contributed by atoms with Gasteiger partial charge >= 0.3 is 0 Å². The highest BCUT2D eigenvalue weighted by molar-refractivity contribution is 5.94. The van der Waals surface area contributed by atoms with Gasteiger partial charge in [-0.15, -0.1) is 0 Å². The molecule has 0 radical (unpaired) electrons. The number of aryl methyl sites for hydroxylation is 1. The summed E-state index contributed by atoms with van der Waals surface area (Å²) in [6, 6.07) is 0. The summed E-state index contributed by atoms with van der Waals surface area (Å²) in [7, 11) is 0. The highest BCUT2D eigenvalue weighted by Gasteiger charge is 2.14. The lowest BCUT2D eigenvalue weighted by atomic mass is 10.1. The Bertz CT molecular complexity index is 357. The maximum atomic E-state index is 11.7. The van der Waals surface area contributed by atoms with E-state index in [2.05, 4.69) is 15.3 Å². The molecule has 0 atom stereocenters. The molecule has 1 aromatic rings. The van der Waals surface area contributed by atoms with Crippen molar-refractivity contribution in [2.45, 2.75) is 26.3 Å². The third kappa shape index (κ3) is 3.63. The van der Waals surface area contributed by atoms with Gasteiger partial charge in [0.25, 0.3) is 5.91 Å². The van der Waals surface area contributed by atoms with Crippen LogP contribution in [0, 0.1) is 6.92 Å². The Hall–Kier alpha value is -1.49. The molecule has 0 aliphatic carbocycles. The second-order valence-corrected chi connectivity index (χ2v) is 4.19. The molecule has 0 fully saturated rings. The molecular formula is C10H16N4O. The first-order valence-electron chi connectivity index (χ1n) is 4.74. The minimum absolute atomic E-state index is 0.188. The summed E-state index contributed by atoms with van der Waals surface area (Å²) < 4.78 is 0. The lowest BCUT2D eigenvalue weighted by Gasteiger charge is -2.18. The molecular weight excluding hydrogens is 192 g/mol. The zero-order chi connectivity index (χ0) is 11.5. The van der Waals surface area contributed by atoms with E-state index in [1.807, 2.05) is 13.8 Å². The van der Waals surface area contributed by atoms with Crippen molar-refractivity contribution in [2.75, 3.05) is 6.54 Å². The first-order chi connectivity index (χ1) is 6.90. The number of carbonyl (C=O) groups excluding carboxylic acids is 1. The van der Waals surface area contributed by atoms with Crippen LogP contribution in [-0.4, -0.2) is 28.0 Å². The van der Waals surface area contributed by atoms with Gasteiger partial charge in [-0.2, -0.15) is 0 Å². The third-order valence-electron chi connectivity index (χ3n) is 1.86. The number of amides is 1. The molecule has 0 bridgehead atoms. The van der Waals surface area contributed by atoms with Crippen LogP contribution in [0.5, 0.6) is 0 Å². The van der Waals surface area contributed by atoms with Crippen molar-refractivity contribution in [2.24, 2.45) is 5.73 Å². The predicted molar refractivity (Wildman–Crippen MR) is 57.4 cm³/mol. The summed E-state index contributed by atoms with van der Waals surface area (Å²) in [6.45, 7) is 5.88. The molecule has 0 spiro atoms. The molecule has 0 unspecified atom stereocenters. The van der Waals surface area contributed by atoms with Crippen LogP contribution in [0.4, 0.5) is 0 Å². The van der Waals surface area contributed by atoms with E-state index in [9.17, 15) is 4.79 Å². The second-order valence-electron chi connectivity index (χ2n) is 4.19. The van der Waals surface area contributed by atoms with E-state index in [4.69, 9.17) is 5.73 Å². The Morgan fingerprint density at radius 3 is 2.80 bits per heavy atom. The average Bonchev–Trinajstić information content (AvgIpc) is 2.14. The highest BCUT2D eigenvalue weighted by Crippen LogP contribution is 2.02. The number of rotatable bonds is 3. The van der Waals surface area contributed by atoms with Gasteiger partial charge in [-0.05, 0) is 20.8 Å². The van der Waals surface area contributed by atoms with Gasteiger partial charge in [-0.3, -0.25) is 4.79 Å². The number of carbonyl (C=O) groups is 1. The van der Waals surface area contributed by atoms with Crippen molar-refractivity contribution in [3.63, 3.8) is 0 Å². The molecule has 0 aliphatic rings. The normalized spacial score (nSPS) is 11.2. The molecule has 1 amide bonds. The maximum Gasteiger partial charge on any atom is 0.254 e. The van der Waals surface area contributed by atoms with Gasteiger partial charge in [0, 0.05) is 18.3 Å². The average molecular weight is 208 g/mol. The fourth-order valence-electron chi connectivity index (χ4n) is 1.02. The molecule has 0 aliphatic heterocycles. The van der Waals surface area contributed by atoms with E-state index in [0.29, 0.717) is 17.8 Å². The Morgan fingerprint density at radius 2 is 2.27 bits per heavy atom. The van der Waals surface area contributed by atoms with E-state index in [1.54, 1.807) is 6.92 Å². The smallest absolute Gasteiger partial charge is 0.254 e. The van der Waals surface area contributed by atoms with Crippen molar-refractivity contribution in [1.29, 1.82) is 0 Å². The van der Waals surface area contributed by atoms with E-state index in [0.717, 1.165) is 0 Å². The number of aromatic nitrogens is 2. The van der Waals surface area contributed by atoms with Gasteiger partial charge in [0.2, 0.25) is 0 Å². The maximum absolute atomic E-state index is 11.7. The molecule has 1 heterocycles. The third-order valence-corrected chi connectivity index (χ3v) is 1.86. The van der Waals surface area contributed by atoms with Crippen LogP contribution in [0.1, 0.15) is 29.9 Å². The molecule has 0 saturated heterocycles. The van der Waals surface area contributed by atoms with Crippen LogP contribution in [0.25, 0.3) is 0 Å². The molecule has 82 valence electrons. The van der Waals surface area contributed by atoms with Gasteiger partial charge in [-0.1, -0.05) is 0 Å². The van der Waals surface area contributed by atoms with Crippen molar-refractivity contribution >= 4 is 5.91 Å². The zero-order valence-corrected chi connectivity index (χ0v) is 9.24. The Labute approximate surface area is 89.1 Å². The second kappa shape index (κ2) is 4.35. The number of nitrogens with two attached hydrogens (primary N) is 1. The quantitative estimate of drug-likeness (QED) is 0.746. The number of hydrogen-bond acceptors (Lipinski definition) is 4. The van der Waals surface area contributed by atoms with E-state index in [1.165, 1.54) is 12.5 Å². The first-order valence-corrected chi connectivity index (χ1v) is 4.74. The van der Waals surface area contributed by atoms with Crippen LogP contribution < -0.4 is 11.1 Å². The topological polar surface area (TPSA) is 80.9 Å². The van der Waals surface area contributed by atoms with Gasteiger partial charge in [0.1, 0.15) is 6.33 Å². The Morgan fingerprint density at radius 1 is 1.60 bits per heavy atom. The fraction of sp³-hybridized carbons (Fsp3) is 0.500. The van der Waals surface area contributed by atoms with Crippen molar-refractivity contribution in [3.05, 3.63) is 23.8 Å². The zero-order valence-electron chi connectivity index (χ0n) is 9.24. The summed E-state index contributed by atoms with van der Waals surface area (Å²) in [4.78, 5) is 19.4. The van der Waals surface area contributed by atoms with E-state index >= 15 is 0 Å². The van der Waals surface area contributed by atoms with Gasteiger partial charge in [0.05, 0.1) is 11.3 Å². The summed E-state index contributed by atoms with van der Waals surface area (Å²) in [6.07, 6.45) is 2.92. The van der Waals surface area contributed by atoms with Gasteiger partial charge < -0.3 is 11.1 Å². The molecule has 0 saturated carbocycles.